The standard InChI is InChI=1S/C30H32P/c1(7-17-27-18-8-3-9-19-27)2-16-26-31(28-20-10-4-11-21-28,29-22-12-5-13-23-29)30-24-14-6-15-25-30/h3-6,8-15,18-25H,1-2,7,16-17,26H2/q+1. The number of rotatable bonds is 10. The van der Waals surface area contributed by atoms with Crippen LogP contribution in [0, 0.1) is 0 Å². The van der Waals surface area contributed by atoms with Crippen LogP contribution < -0.4 is 15.9 Å². The van der Waals surface area contributed by atoms with Crippen molar-refractivity contribution in [3.05, 3.63) is 127 Å². The maximum absolute atomic E-state index is 2.35. The summed E-state index contributed by atoms with van der Waals surface area (Å²) in [5, 5.41) is 4.49. The Kier molecular flexibility index (Phi) is 7.70. The van der Waals surface area contributed by atoms with Crippen LogP contribution in [0.4, 0.5) is 0 Å². The molecule has 0 aliphatic carbocycles. The molecule has 0 nitrogen and oxygen atoms in total. The molecule has 0 radical (unpaired) electrons. The first-order valence-corrected chi connectivity index (χ1v) is 13.5. The molecule has 0 N–H and O–H groups in total. The van der Waals surface area contributed by atoms with Gasteiger partial charge >= 0.3 is 0 Å². The first-order valence-electron chi connectivity index (χ1n) is 11.5. The third-order valence-electron chi connectivity index (χ3n) is 6.14. The van der Waals surface area contributed by atoms with E-state index in [4.69, 9.17) is 0 Å². The molecule has 0 unspecified atom stereocenters. The van der Waals surface area contributed by atoms with Gasteiger partial charge in [0, 0.05) is 0 Å². The van der Waals surface area contributed by atoms with Gasteiger partial charge in [-0.3, -0.25) is 0 Å². The predicted molar refractivity (Wildman–Crippen MR) is 139 cm³/mol. The Morgan fingerprint density at radius 2 is 0.774 bits per heavy atom. The van der Waals surface area contributed by atoms with E-state index in [1.807, 2.05) is 0 Å². The average Bonchev–Trinajstić information content (AvgIpc) is 2.86. The van der Waals surface area contributed by atoms with Crippen LogP contribution in [-0.4, -0.2) is 6.16 Å². The molecule has 0 heterocycles. The molecule has 0 amide bonds. The summed E-state index contributed by atoms with van der Waals surface area (Å²) in [5.74, 6) is 0. The van der Waals surface area contributed by atoms with Crippen LogP contribution in [0.5, 0.6) is 0 Å². The third kappa shape index (κ3) is 5.33. The number of hydrogen-bond donors (Lipinski definition) is 0. The summed E-state index contributed by atoms with van der Waals surface area (Å²) < 4.78 is 0. The summed E-state index contributed by atoms with van der Waals surface area (Å²) in [6, 6.07) is 44.6. The van der Waals surface area contributed by atoms with Crippen molar-refractivity contribution in [2.45, 2.75) is 32.1 Å². The molecule has 0 saturated heterocycles. The normalized spacial score (nSPS) is 11.4. The molecule has 4 rings (SSSR count). The minimum atomic E-state index is -1.66. The van der Waals surface area contributed by atoms with Crippen LogP contribution in [0.3, 0.4) is 0 Å². The first kappa shape index (κ1) is 21.5. The van der Waals surface area contributed by atoms with Crippen molar-refractivity contribution in [3.63, 3.8) is 0 Å². The van der Waals surface area contributed by atoms with Crippen molar-refractivity contribution in [1.82, 2.24) is 0 Å². The van der Waals surface area contributed by atoms with E-state index in [1.165, 1.54) is 59.7 Å². The van der Waals surface area contributed by atoms with Gasteiger partial charge in [-0.2, -0.15) is 0 Å². The maximum atomic E-state index is 2.35. The van der Waals surface area contributed by atoms with E-state index in [2.05, 4.69) is 121 Å². The van der Waals surface area contributed by atoms with E-state index in [1.54, 1.807) is 0 Å². The SMILES string of the molecule is c1ccc(CCCCCC[P+](c2ccccc2)(c2ccccc2)c2ccccc2)cc1. The van der Waals surface area contributed by atoms with Gasteiger partial charge in [0.25, 0.3) is 0 Å². The van der Waals surface area contributed by atoms with Crippen LogP contribution >= 0.6 is 7.26 Å². The molecule has 4 aromatic rings. The maximum Gasteiger partial charge on any atom is 0.112 e. The molecule has 0 aliphatic rings. The first-order chi connectivity index (χ1) is 15.4. The molecule has 0 atom stereocenters. The third-order valence-corrected chi connectivity index (χ3v) is 10.7. The van der Waals surface area contributed by atoms with Crippen molar-refractivity contribution < 1.29 is 0 Å². The minimum Gasteiger partial charge on any atom is -0.0622 e. The van der Waals surface area contributed by atoms with Gasteiger partial charge in [0.05, 0.1) is 6.16 Å². The van der Waals surface area contributed by atoms with E-state index in [0.717, 1.165) is 0 Å². The molecule has 0 saturated carbocycles. The smallest absolute Gasteiger partial charge is 0.0622 e. The predicted octanol–water partition coefficient (Wildman–Crippen LogP) is 6.78. The quantitative estimate of drug-likeness (QED) is 0.195. The lowest BCUT2D eigenvalue weighted by Gasteiger charge is -2.27. The van der Waals surface area contributed by atoms with Crippen LogP contribution in [0.15, 0.2) is 121 Å². The molecule has 0 aliphatic heterocycles. The van der Waals surface area contributed by atoms with Crippen LogP contribution in [0.25, 0.3) is 0 Å². The van der Waals surface area contributed by atoms with Gasteiger partial charge in [-0.15, -0.1) is 0 Å². The van der Waals surface area contributed by atoms with Gasteiger partial charge in [-0.05, 0) is 67.6 Å². The Hall–Kier alpha value is -2.69. The second-order valence-corrected chi connectivity index (χ2v) is 11.8. The Morgan fingerprint density at radius 3 is 1.23 bits per heavy atom. The zero-order chi connectivity index (χ0) is 21.2. The highest BCUT2D eigenvalue weighted by Gasteiger charge is 2.44. The molecule has 31 heavy (non-hydrogen) atoms. The van der Waals surface area contributed by atoms with Crippen molar-refractivity contribution >= 4 is 23.2 Å². The topological polar surface area (TPSA) is 0 Å². The fourth-order valence-corrected chi connectivity index (χ4v) is 8.97. The van der Waals surface area contributed by atoms with Gasteiger partial charge < -0.3 is 0 Å². The molecule has 0 bridgehead atoms. The van der Waals surface area contributed by atoms with E-state index >= 15 is 0 Å². The van der Waals surface area contributed by atoms with Gasteiger partial charge in [0.15, 0.2) is 0 Å². The average molecular weight is 424 g/mol. The summed E-state index contributed by atoms with van der Waals surface area (Å²) in [7, 11) is -1.66. The lowest BCUT2D eigenvalue weighted by molar-refractivity contribution is 0.669. The number of aryl methyl sites for hydroxylation is 1. The van der Waals surface area contributed by atoms with Crippen molar-refractivity contribution in [2.24, 2.45) is 0 Å². The largest absolute Gasteiger partial charge is 0.112 e. The molecule has 4 aromatic carbocycles. The van der Waals surface area contributed by atoms with E-state index in [0.29, 0.717) is 0 Å². The van der Waals surface area contributed by atoms with Crippen LogP contribution in [0.2, 0.25) is 0 Å². The second kappa shape index (κ2) is 11.1. The monoisotopic (exact) mass is 423 g/mol. The fraction of sp³-hybridized carbons (Fsp3) is 0.200. The summed E-state index contributed by atoms with van der Waals surface area (Å²) in [5.41, 5.74) is 1.46. The van der Waals surface area contributed by atoms with Gasteiger partial charge in [0.2, 0.25) is 0 Å². The van der Waals surface area contributed by atoms with Gasteiger partial charge in [-0.25, -0.2) is 0 Å². The van der Waals surface area contributed by atoms with Crippen molar-refractivity contribution in [1.29, 1.82) is 0 Å². The minimum absolute atomic E-state index is 1.19. The highest BCUT2D eigenvalue weighted by atomic mass is 31.2. The zero-order valence-corrected chi connectivity index (χ0v) is 19.1. The highest BCUT2D eigenvalue weighted by Crippen LogP contribution is 2.55. The molecule has 156 valence electrons. The summed E-state index contributed by atoms with van der Waals surface area (Å²) in [4.78, 5) is 0. The Balaban J connectivity index is 1.54. The lowest BCUT2D eigenvalue weighted by atomic mass is 10.1. The fourth-order valence-electron chi connectivity index (χ4n) is 4.56. The van der Waals surface area contributed by atoms with E-state index < -0.39 is 7.26 Å². The van der Waals surface area contributed by atoms with Crippen molar-refractivity contribution in [3.8, 4) is 0 Å². The lowest BCUT2D eigenvalue weighted by Crippen LogP contribution is -2.33. The molecule has 1 heteroatoms. The molecular weight excluding hydrogens is 391 g/mol. The molecule has 0 aromatic heterocycles. The zero-order valence-electron chi connectivity index (χ0n) is 18.2. The number of benzene rings is 4. The Labute approximate surface area is 188 Å². The van der Waals surface area contributed by atoms with E-state index in [-0.39, 0.29) is 0 Å². The Morgan fingerprint density at radius 1 is 0.387 bits per heavy atom. The molecule has 0 spiro atoms. The van der Waals surface area contributed by atoms with Crippen molar-refractivity contribution in [2.75, 3.05) is 6.16 Å². The Bertz CT molecular complexity index is 914. The summed E-state index contributed by atoms with van der Waals surface area (Å²) >= 11 is 0. The molecule has 0 fully saturated rings. The number of unbranched alkanes of at least 4 members (excludes halogenated alkanes) is 3. The highest BCUT2D eigenvalue weighted by molar-refractivity contribution is 7.95. The second-order valence-electron chi connectivity index (χ2n) is 8.19. The molecular formula is C30H32P+. The van der Waals surface area contributed by atoms with E-state index in [9.17, 15) is 0 Å². The van der Waals surface area contributed by atoms with Gasteiger partial charge in [0.1, 0.15) is 23.2 Å². The summed E-state index contributed by atoms with van der Waals surface area (Å²) in [6.07, 6.45) is 7.56. The van der Waals surface area contributed by atoms with Crippen LogP contribution in [-0.2, 0) is 6.42 Å². The number of hydrogen-bond acceptors (Lipinski definition) is 0. The summed E-state index contributed by atoms with van der Waals surface area (Å²) in [6.45, 7) is 0. The van der Waals surface area contributed by atoms with Crippen LogP contribution in [0.1, 0.15) is 31.2 Å². The van der Waals surface area contributed by atoms with Gasteiger partial charge in [-0.1, -0.05) is 91.3 Å².